The molecule has 3 aromatic rings. The molecule has 1 saturated heterocycles. The molecular formula is C19H20ClN3O3S3. The highest BCUT2D eigenvalue weighted by atomic mass is 35.5. The third-order valence-corrected chi connectivity index (χ3v) is 9.73. The minimum atomic E-state index is -3.78. The highest BCUT2D eigenvalue weighted by Gasteiger charge is 2.38. The van der Waals surface area contributed by atoms with E-state index in [0.717, 1.165) is 45.5 Å². The van der Waals surface area contributed by atoms with Crippen LogP contribution < -0.4 is 5.32 Å². The zero-order chi connectivity index (χ0) is 20.8. The van der Waals surface area contributed by atoms with Crippen molar-refractivity contribution in [2.45, 2.75) is 43.4 Å². The number of hydrogen-bond acceptors (Lipinski definition) is 6. The number of aromatic nitrogens is 1. The Morgan fingerprint density at radius 1 is 1.21 bits per heavy atom. The smallest absolute Gasteiger partial charge is 0.253 e. The van der Waals surface area contributed by atoms with Gasteiger partial charge in [0.15, 0.2) is 5.13 Å². The van der Waals surface area contributed by atoms with Crippen molar-refractivity contribution in [1.29, 1.82) is 0 Å². The van der Waals surface area contributed by atoms with Crippen LogP contribution in [0.3, 0.4) is 0 Å². The Bertz CT molecular complexity index is 1190. The van der Waals surface area contributed by atoms with Crippen LogP contribution >= 0.6 is 34.3 Å². The minimum absolute atomic E-state index is 0.160. The van der Waals surface area contributed by atoms with Crippen LogP contribution in [0.15, 0.2) is 28.5 Å². The summed E-state index contributed by atoms with van der Waals surface area (Å²) in [7, 11) is -3.78. The lowest BCUT2D eigenvalue weighted by Crippen LogP contribution is -2.49. The lowest BCUT2D eigenvalue weighted by atomic mass is 10.0. The first-order chi connectivity index (χ1) is 13.8. The summed E-state index contributed by atoms with van der Waals surface area (Å²) in [6.45, 7) is 4.34. The molecule has 1 aliphatic rings. The first-order valence-corrected chi connectivity index (χ1v) is 12.7. The topological polar surface area (TPSA) is 79.4 Å². The number of hydrogen-bond donors (Lipinski definition) is 1. The monoisotopic (exact) mass is 469 g/mol. The molecule has 0 radical (unpaired) electrons. The second kappa shape index (κ2) is 7.96. The normalized spacial score (nSPS) is 18.2. The van der Waals surface area contributed by atoms with E-state index in [1.54, 1.807) is 6.07 Å². The second-order valence-corrected chi connectivity index (χ2v) is 11.9. The average Bonchev–Trinajstić information content (AvgIpc) is 3.31. The molecule has 3 heterocycles. The molecular weight excluding hydrogens is 450 g/mol. The summed E-state index contributed by atoms with van der Waals surface area (Å²) in [5.41, 5.74) is 3.09. The van der Waals surface area contributed by atoms with E-state index >= 15 is 0 Å². The van der Waals surface area contributed by atoms with Gasteiger partial charge in [-0.3, -0.25) is 4.79 Å². The molecule has 0 aliphatic carbocycles. The summed E-state index contributed by atoms with van der Waals surface area (Å²) in [5.74, 6) is -0.343. The molecule has 1 atom stereocenters. The number of carbonyl (C=O) groups is 1. The number of nitrogens with one attached hydrogen (secondary N) is 1. The fourth-order valence-corrected chi connectivity index (χ4v) is 7.67. The lowest BCUT2D eigenvalue weighted by Gasteiger charge is -2.32. The van der Waals surface area contributed by atoms with Crippen LogP contribution in [0.5, 0.6) is 0 Å². The number of piperidine rings is 1. The van der Waals surface area contributed by atoms with Crippen molar-refractivity contribution in [3.63, 3.8) is 0 Å². The van der Waals surface area contributed by atoms with E-state index < -0.39 is 16.1 Å². The van der Waals surface area contributed by atoms with Crippen molar-refractivity contribution in [1.82, 2.24) is 9.29 Å². The van der Waals surface area contributed by atoms with Gasteiger partial charge in [-0.1, -0.05) is 35.4 Å². The number of thiophene rings is 1. The molecule has 0 bridgehead atoms. The van der Waals surface area contributed by atoms with E-state index in [1.165, 1.54) is 21.7 Å². The van der Waals surface area contributed by atoms with E-state index in [0.29, 0.717) is 22.4 Å². The third-order valence-electron chi connectivity index (χ3n) is 5.18. The van der Waals surface area contributed by atoms with E-state index in [2.05, 4.69) is 10.3 Å². The maximum absolute atomic E-state index is 13.1. The van der Waals surface area contributed by atoms with Gasteiger partial charge in [-0.25, -0.2) is 13.4 Å². The van der Waals surface area contributed by atoms with Crippen molar-refractivity contribution in [3.8, 4) is 0 Å². The molecule has 2 aromatic heterocycles. The molecule has 1 aromatic carbocycles. The number of fused-ring (bicyclic) bond motifs is 1. The van der Waals surface area contributed by atoms with Gasteiger partial charge >= 0.3 is 0 Å². The molecule has 1 unspecified atom stereocenters. The fourth-order valence-electron chi connectivity index (χ4n) is 3.47. The van der Waals surface area contributed by atoms with Gasteiger partial charge in [0.25, 0.3) is 10.0 Å². The van der Waals surface area contributed by atoms with E-state index in [-0.39, 0.29) is 10.1 Å². The van der Waals surface area contributed by atoms with Gasteiger partial charge in [0, 0.05) is 6.54 Å². The number of benzene rings is 1. The van der Waals surface area contributed by atoms with E-state index in [1.807, 2.05) is 26.0 Å². The molecule has 1 amide bonds. The fraction of sp³-hybridized carbons (Fsp3) is 0.368. The van der Waals surface area contributed by atoms with Crippen molar-refractivity contribution < 1.29 is 13.2 Å². The van der Waals surface area contributed by atoms with Gasteiger partial charge in [-0.2, -0.15) is 4.31 Å². The molecule has 0 spiro atoms. The van der Waals surface area contributed by atoms with Crippen molar-refractivity contribution in [2.24, 2.45) is 0 Å². The van der Waals surface area contributed by atoms with Crippen molar-refractivity contribution in [2.75, 3.05) is 11.9 Å². The highest BCUT2D eigenvalue weighted by molar-refractivity contribution is 7.91. The van der Waals surface area contributed by atoms with Crippen LogP contribution in [-0.4, -0.2) is 36.2 Å². The lowest BCUT2D eigenvalue weighted by molar-refractivity contribution is -0.120. The number of sulfonamides is 1. The van der Waals surface area contributed by atoms with E-state index in [9.17, 15) is 13.2 Å². The third kappa shape index (κ3) is 3.94. The zero-order valence-corrected chi connectivity index (χ0v) is 19.1. The van der Waals surface area contributed by atoms with Gasteiger partial charge in [-0.05, 0) is 56.0 Å². The molecule has 154 valence electrons. The van der Waals surface area contributed by atoms with Crippen LogP contribution in [0.4, 0.5) is 5.13 Å². The maximum atomic E-state index is 13.1. The number of amides is 1. The van der Waals surface area contributed by atoms with Gasteiger partial charge in [0.1, 0.15) is 10.3 Å². The molecule has 29 heavy (non-hydrogen) atoms. The Balaban J connectivity index is 1.60. The summed E-state index contributed by atoms with van der Waals surface area (Å²) in [5, 5.41) is 3.33. The SMILES string of the molecule is Cc1ccc2sc(NC(=O)C3CCCCN3S(=O)(=O)c3ccc(Cl)s3)nc2c1C. The van der Waals surface area contributed by atoms with Crippen LogP contribution in [0.25, 0.3) is 10.2 Å². The van der Waals surface area contributed by atoms with Gasteiger partial charge in [0.2, 0.25) is 5.91 Å². The Kier molecular flexibility index (Phi) is 5.69. The Morgan fingerprint density at radius 2 is 2.00 bits per heavy atom. The number of rotatable bonds is 4. The Labute approximate surface area is 182 Å². The van der Waals surface area contributed by atoms with Crippen molar-refractivity contribution in [3.05, 3.63) is 39.7 Å². The van der Waals surface area contributed by atoms with E-state index in [4.69, 9.17) is 11.6 Å². The molecule has 10 heteroatoms. The number of aryl methyl sites for hydroxylation is 2. The van der Waals surface area contributed by atoms with Crippen LogP contribution in [-0.2, 0) is 14.8 Å². The zero-order valence-electron chi connectivity index (χ0n) is 15.9. The molecule has 1 aliphatic heterocycles. The number of thiazole rings is 1. The maximum Gasteiger partial charge on any atom is 0.253 e. The van der Waals surface area contributed by atoms with Crippen molar-refractivity contribution >= 4 is 65.6 Å². The number of carbonyl (C=O) groups excluding carboxylic acids is 1. The minimum Gasteiger partial charge on any atom is -0.301 e. The van der Waals surface area contributed by atoms with Gasteiger partial charge in [0.05, 0.1) is 14.6 Å². The predicted molar refractivity (Wildman–Crippen MR) is 119 cm³/mol. The number of nitrogens with zero attached hydrogens (tertiary/aromatic N) is 2. The standard InChI is InChI=1S/C19H20ClN3O3S3/c1-11-6-7-14-17(12(11)2)21-19(27-14)22-18(24)13-5-3-4-10-23(13)29(25,26)16-9-8-15(20)28-16/h6-9,13H,3-5,10H2,1-2H3,(H,21,22,24). The van der Waals surface area contributed by atoms with Gasteiger partial charge in [-0.15, -0.1) is 11.3 Å². The largest absolute Gasteiger partial charge is 0.301 e. The summed E-state index contributed by atoms with van der Waals surface area (Å²) in [6, 6.07) is 6.31. The molecule has 6 nitrogen and oxygen atoms in total. The van der Waals surface area contributed by atoms with Crippen LogP contribution in [0.1, 0.15) is 30.4 Å². The molecule has 4 rings (SSSR count). The highest BCUT2D eigenvalue weighted by Crippen LogP contribution is 2.33. The average molecular weight is 470 g/mol. The second-order valence-electron chi connectivity index (χ2n) is 7.05. The first-order valence-electron chi connectivity index (χ1n) is 9.22. The summed E-state index contributed by atoms with van der Waals surface area (Å²) in [4.78, 5) is 17.6. The Hall–Kier alpha value is -1.52. The summed E-state index contributed by atoms with van der Waals surface area (Å²) >= 11 is 8.32. The van der Waals surface area contributed by atoms with Crippen LogP contribution in [0.2, 0.25) is 4.34 Å². The molecule has 1 fully saturated rings. The predicted octanol–water partition coefficient (Wildman–Crippen LogP) is 4.81. The van der Waals surface area contributed by atoms with Crippen LogP contribution in [0, 0.1) is 13.8 Å². The Morgan fingerprint density at radius 3 is 2.72 bits per heavy atom. The van der Waals surface area contributed by atoms with Gasteiger partial charge < -0.3 is 5.32 Å². The quantitative estimate of drug-likeness (QED) is 0.594. The molecule has 1 N–H and O–H groups in total. The summed E-state index contributed by atoms with van der Waals surface area (Å²) in [6.07, 6.45) is 2.00. The molecule has 0 saturated carbocycles. The summed E-state index contributed by atoms with van der Waals surface area (Å²) < 4.78 is 29.0. The number of halogens is 1. The first kappa shape index (κ1) is 20.7. The number of anilines is 1.